The Labute approximate surface area is 154 Å². The van der Waals surface area contributed by atoms with Gasteiger partial charge >= 0.3 is 0 Å². The van der Waals surface area contributed by atoms with Gasteiger partial charge in [0.05, 0.1) is 5.56 Å². The van der Waals surface area contributed by atoms with E-state index in [1.807, 2.05) is 25.1 Å². The van der Waals surface area contributed by atoms with Crippen LogP contribution in [0.5, 0.6) is 5.75 Å². The number of carbonyl (C=O) groups excluding carboxylic acids is 1. The van der Waals surface area contributed by atoms with Crippen LogP contribution in [-0.2, 0) is 12.1 Å². The van der Waals surface area contributed by atoms with Crippen molar-refractivity contribution >= 4 is 18.3 Å². The molecule has 1 amide bonds. The molecule has 0 saturated carbocycles. The number of rotatable bonds is 7. The van der Waals surface area contributed by atoms with E-state index >= 15 is 0 Å². The van der Waals surface area contributed by atoms with E-state index in [0.717, 1.165) is 12.8 Å². The lowest BCUT2D eigenvalue weighted by Gasteiger charge is -2.27. The highest BCUT2D eigenvalue weighted by molar-refractivity contribution is 5.95. The summed E-state index contributed by atoms with van der Waals surface area (Å²) in [5.74, 6) is -0.813. The van der Waals surface area contributed by atoms with E-state index < -0.39 is 11.6 Å². The maximum absolute atomic E-state index is 11.3. The lowest BCUT2D eigenvalue weighted by Crippen LogP contribution is -2.38. The SMILES string of the molecule is CC(CCc1ccccc1)CC(N)(O)c1ccc(O)c(C(N)=O)c1.Cl. The molecule has 2 atom stereocenters. The third-order valence-corrected chi connectivity index (χ3v) is 4.19. The van der Waals surface area contributed by atoms with Crippen LogP contribution in [0, 0.1) is 5.92 Å². The zero-order chi connectivity index (χ0) is 17.7. The number of amides is 1. The van der Waals surface area contributed by atoms with Crippen molar-refractivity contribution in [2.75, 3.05) is 0 Å². The van der Waals surface area contributed by atoms with Gasteiger partial charge in [-0.1, -0.05) is 43.3 Å². The molecular formula is C19H25ClN2O3. The first-order valence-electron chi connectivity index (χ1n) is 7.98. The van der Waals surface area contributed by atoms with E-state index in [9.17, 15) is 15.0 Å². The number of halogens is 1. The number of aliphatic hydroxyl groups is 1. The normalized spacial score (nSPS) is 14.2. The summed E-state index contributed by atoms with van der Waals surface area (Å²) in [6.45, 7) is 2.02. The molecule has 0 spiro atoms. The third-order valence-electron chi connectivity index (χ3n) is 4.19. The molecule has 2 rings (SSSR count). The average molecular weight is 365 g/mol. The second kappa shape index (κ2) is 8.85. The summed E-state index contributed by atoms with van der Waals surface area (Å²) >= 11 is 0. The van der Waals surface area contributed by atoms with Crippen molar-refractivity contribution in [3.63, 3.8) is 0 Å². The van der Waals surface area contributed by atoms with Crippen LogP contribution in [0.1, 0.15) is 41.3 Å². The predicted octanol–water partition coefficient (Wildman–Crippen LogP) is 2.68. The number of aromatic hydroxyl groups is 1. The summed E-state index contributed by atoms with van der Waals surface area (Å²) in [6.07, 6.45) is 2.12. The molecule has 25 heavy (non-hydrogen) atoms. The van der Waals surface area contributed by atoms with E-state index in [-0.39, 0.29) is 29.6 Å². The minimum absolute atomic E-state index is 0. The van der Waals surface area contributed by atoms with E-state index in [2.05, 4.69) is 12.1 Å². The molecule has 2 aromatic rings. The van der Waals surface area contributed by atoms with Crippen LogP contribution >= 0.6 is 12.4 Å². The van der Waals surface area contributed by atoms with Gasteiger partial charge in [0.1, 0.15) is 11.5 Å². The molecule has 0 aliphatic rings. The number of carbonyl (C=O) groups is 1. The van der Waals surface area contributed by atoms with Gasteiger partial charge in [-0.3, -0.25) is 10.5 Å². The van der Waals surface area contributed by atoms with Crippen LogP contribution < -0.4 is 11.5 Å². The predicted molar refractivity (Wildman–Crippen MR) is 101 cm³/mol. The molecule has 5 nitrogen and oxygen atoms in total. The molecule has 2 aromatic carbocycles. The lowest BCUT2D eigenvalue weighted by molar-refractivity contribution is 0.0183. The molecule has 0 radical (unpaired) electrons. The van der Waals surface area contributed by atoms with Crippen molar-refractivity contribution in [1.82, 2.24) is 0 Å². The Morgan fingerprint density at radius 3 is 2.44 bits per heavy atom. The summed E-state index contributed by atoms with van der Waals surface area (Å²) in [5.41, 5.74) is 11.2. The molecule has 2 unspecified atom stereocenters. The van der Waals surface area contributed by atoms with E-state index in [4.69, 9.17) is 11.5 Å². The van der Waals surface area contributed by atoms with E-state index in [0.29, 0.717) is 12.0 Å². The number of nitrogens with two attached hydrogens (primary N) is 2. The number of hydrogen-bond donors (Lipinski definition) is 4. The van der Waals surface area contributed by atoms with Crippen molar-refractivity contribution in [3.05, 3.63) is 65.2 Å². The summed E-state index contributed by atoms with van der Waals surface area (Å²) in [4.78, 5) is 11.3. The molecular weight excluding hydrogens is 340 g/mol. The fourth-order valence-electron chi connectivity index (χ4n) is 2.81. The third kappa shape index (κ3) is 5.74. The van der Waals surface area contributed by atoms with Crippen molar-refractivity contribution in [2.45, 2.75) is 31.9 Å². The Bertz CT molecular complexity index is 705. The minimum atomic E-state index is -1.59. The largest absolute Gasteiger partial charge is 0.507 e. The van der Waals surface area contributed by atoms with Crippen LogP contribution in [0.3, 0.4) is 0 Å². The van der Waals surface area contributed by atoms with Crippen molar-refractivity contribution in [2.24, 2.45) is 17.4 Å². The summed E-state index contributed by atoms with van der Waals surface area (Å²) in [7, 11) is 0. The maximum atomic E-state index is 11.3. The highest BCUT2D eigenvalue weighted by atomic mass is 35.5. The first kappa shape index (κ1) is 21.0. The van der Waals surface area contributed by atoms with Gasteiger partial charge in [-0.2, -0.15) is 0 Å². The highest BCUT2D eigenvalue weighted by Crippen LogP contribution is 2.29. The van der Waals surface area contributed by atoms with Gasteiger partial charge in [0.2, 0.25) is 0 Å². The van der Waals surface area contributed by atoms with Gasteiger partial charge in [0.15, 0.2) is 0 Å². The Hall–Kier alpha value is -2.08. The fraction of sp³-hybridized carbons (Fsp3) is 0.316. The smallest absolute Gasteiger partial charge is 0.252 e. The Balaban J connectivity index is 0.00000312. The van der Waals surface area contributed by atoms with Crippen molar-refractivity contribution < 1.29 is 15.0 Å². The molecule has 0 aliphatic carbocycles. The molecule has 0 saturated heterocycles. The first-order chi connectivity index (χ1) is 11.3. The molecule has 0 fully saturated rings. The van der Waals surface area contributed by atoms with Crippen LogP contribution in [0.4, 0.5) is 0 Å². The minimum Gasteiger partial charge on any atom is -0.507 e. The molecule has 0 aliphatic heterocycles. The van der Waals surface area contributed by atoms with E-state index in [1.54, 1.807) is 0 Å². The Morgan fingerprint density at radius 1 is 1.20 bits per heavy atom. The molecule has 0 bridgehead atoms. The molecule has 6 N–H and O–H groups in total. The zero-order valence-corrected chi connectivity index (χ0v) is 15.0. The quantitative estimate of drug-likeness (QED) is 0.566. The average Bonchev–Trinajstić information content (AvgIpc) is 2.53. The van der Waals surface area contributed by atoms with Crippen molar-refractivity contribution in [3.8, 4) is 5.75 Å². The summed E-state index contributed by atoms with van der Waals surface area (Å²) in [5, 5.41) is 20.2. The van der Waals surface area contributed by atoms with Crippen molar-refractivity contribution in [1.29, 1.82) is 0 Å². The zero-order valence-electron chi connectivity index (χ0n) is 14.2. The second-order valence-corrected chi connectivity index (χ2v) is 6.35. The number of benzene rings is 2. The van der Waals surface area contributed by atoms with Gasteiger partial charge in [-0.25, -0.2) is 0 Å². The second-order valence-electron chi connectivity index (χ2n) is 6.35. The standard InChI is InChI=1S/C19H24N2O3.ClH/c1-13(7-8-14-5-3-2-4-6-14)12-19(21,24)15-9-10-17(22)16(11-15)18(20)23;/h2-6,9-11,13,22,24H,7-8,12,21H2,1H3,(H2,20,23);1H. The fourth-order valence-corrected chi connectivity index (χ4v) is 2.81. The van der Waals surface area contributed by atoms with E-state index in [1.165, 1.54) is 23.8 Å². The van der Waals surface area contributed by atoms with Gasteiger partial charge in [0.25, 0.3) is 5.91 Å². The number of phenols is 1. The molecule has 6 heteroatoms. The number of hydrogen-bond acceptors (Lipinski definition) is 4. The van der Waals surface area contributed by atoms with Crippen LogP contribution in [0.25, 0.3) is 0 Å². The van der Waals surface area contributed by atoms with Gasteiger partial charge < -0.3 is 15.9 Å². The summed E-state index contributed by atoms with van der Waals surface area (Å²) < 4.78 is 0. The lowest BCUT2D eigenvalue weighted by atomic mass is 9.88. The molecule has 0 aromatic heterocycles. The maximum Gasteiger partial charge on any atom is 0.252 e. The van der Waals surface area contributed by atoms with Gasteiger partial charge in [0, 0.05) is 0 Å². The Kier molecular flexibility index (Phi) is 7.42. The highest BCUT2D eigenvalue weighted by Gasteiger charge is 2.27. The molecule has 0 heterocycles. The monoisotopic (exact) mass is 364 g/mol. The number of aryl methyl sites for hydroxylation is 1. The molecule has 136 valence electrons. The van der Waals surface area contributed by atoms with Gasteiger partial charge in [-0.05, 0) is 48.4 Å². The van der Waals surface area contributed by atoms with Gasteiger partial charge in [-0.15, -0.1) is 12.4 Å². The first-order valence-corrected chi connectivity index (χ1v) is 7.98. The topological polar surface area (TPSA) is 110 Å². The van der Waals surface area contributed by atoms with Crippen LogP contribution in [0.15, 0.2) is 48.5 Å². The summed E-state index contributed by atoms with van der Waals surface area (Å²) in [6, 6.07) is 14.3. The Morgan fingerprint density at radius 2 is 1.84 bits per heavy atom. The van der Waals surface area contributed by atoms with Crippen LogP contribution in [0.2, 0.25) is 0 Å². The number of primary amides is 1. The van der Waals surface area contributed by atoms with Crippen LogP contribution in [-0.4, -0.2) is 16.1 Å².